The SMILES string of the molecule is CCCCCCCCCCCCCCCC(=O)O[C@H]1CC[C@H]2[C@@H]3CCc4cc(O[C@@H]5O[C@H](C(=O)O)[C@@H](O)[C@H](O)[C@H]5O)ccc4[C@H]3CC[C@]12C. The third-order valence-electron chi connectivity index (χ3n) is 12.4. The number of carboxylic acid groups (broad SMARTS) is 1. The molecule has 3 fully saturated rings. The largest absolute Gasteiger partial charge is 0.479 e. The summed E-state index contributed by atoms with van der Waals surface area (Å²) >= 11 is 0. The molecule has 1 saturated heterocycles. The smallest absolute Gasteiger partial charge is 0.335 e. The average Bonchev–Trinajstić information content (AvgIpc) is 3.42. The Balaban J connectivity index is 1.04. The third kappa shape index (κ3) is 9.19. The quantitative estimate of drug-likeness (QED) is 0.0931. The number of aryl methyl sites for hydroxylation is 1. The minimum absolute atomic E-state index is 0.00415. The summed E-state index contributed by atoms with van der Waals surface area (Å²) in [4.78, 5) is 24.4. The Kier molecular flexibility index (Phi) is 13.8. The molecule has 0 amide bonds. The van der Waals surface area contributed by atoms with Crippen LogP contribution in [-0.2, 0) is 25.5 Å². The first-order valence-corrected chi connectivity index (χ1v) is 19.6. The van der Waals surface area contributed by atoms with Crippen LogP contribution in [0, 0.1) is 17.3 Å². The normalized spacial score (nSPS) is 33.7. The van der Waals surface area contributed by atoms with Gasteiger partial charge in [-0.2, -0.15) is 0 Å². The van der Waals surface area contributed by atoms with E-state index in [-0.39, 0.29) is 17.5 Å². The van der Waals surface area contributed by atoms with Crippen molar-refractivity contribution in [3.63, 3.8) is 0 Å². The second-order valence-corrected chi connectivity index (χ2v) is 15.7. The van der Waals surface area contributed by atoms with Crippen LogP contribution in [0.2, 0.25) is 0 Å². The van der Waals surface area contributed by atoms with Gasteiger partial charge in [-0.3, -0.25) is 4.79 Å². The lowest BCUT2D eigenvalue weighted by molar-refractivity contribution is -0.271. The Hall–Kier alpha value is -2.20. The maximum Gasteiger partial charge on any atom is 0.335 e. The van der Waals surface area contributed by atoms with Crippen LogP contribution in [0.3, 0.4) is 0 Å². The van der Waals surface area contributed by atoms with E-state index in [9.17, 15) is 30.0 Å². The molecule has 1 aromatic carbocycles. The van der Waals surface area contributed by atoms with Crippen LogP contribution in [0.4, 0.5) is 0 Å². The average molecular weight is 687 g/mol. The van der Waals surface area contributed by atoms with Crippen LogP contribution in [-0.4, -0.2) is 69.2 Å². The highest BCUT2D eigenvalue weighted by molar-refractivity contribution is 5.73. The zero-order valence-electron chi connectivity index (χ0n) is 29.9. The lowest BCUT2D eigenvalue weighted by atomic mass is 9.55. The predicted octanol–water partition coefficient (Wildman–Crippen LogP) is 7.21. The van der Waals surface area contributed by atoms with E-state index in [0.717, 1.165) is 51.4 Å². The molecule has 4 aliphatic rings. The second kappa shape index (κ2) is 17.8. The van der Waals surface area contributed by atoms with Gasteiger partial charge in [0.2, 0.25) is 6.29 Å². The number of unbranched alkanes of at least 4 members (excludes halogenated alkanes) is 12. The molecular weight excluding hydrogens is 624 g/mol. The number of carbonyl (C=O) groups excluding carboxylic acids is 1. The van der Waals surface area contributed by atoms with Crippen LogP contribution in [0.5, 0.6) is 5.75 Å². The monoisotopic (exact) mass is 686 g/mol. The van der Waals surface area contributed by atoms with Crippen LogP contribution < -0.4 is 4.74 Å². The van der Waals surface area contributed by atoms with Gasteiger partial charge in [0.25, 0.3) is 0 Å². The van der Waals surface area contributed by atoms with Gasteiger partial charge in [-0.15, -0.1) is 0 Å². The highest BCUT2D eigenvalue weighted by Gasteiger charge is 2.56. The number of rotatable bonds is 18. The number of carboxylic acids is 1. The van der Waals surface area contributed by atoms with Gasteiger partial charge >= 0.3 is 11.9 Å². The van der Waals surface area contributed by atoms with E-state index >= 15 is 0 Å². The molecule has 0 radical (unpaired) electrons. The van der Waals surface area contributed by atoms with E-state index in [4.69, 9.17) is 14.2 Å². The number of aliphatic hydroxyl groups excluding tert-OH is 3. The standard InChI is InChI=1S/C40H62O9/c1-3-4-5-6-7-8-9-10-11-12-13-14-15-16-33(41)48-32-22-21-31-30-19-17-26-25-27(18-20-28(26)29(30)23-24-40(31,32)2)47-39-36(44)34(42)35(43)37(49-39)38(45)46/h18,20,25,29-32,34-37,39,42-44H,3-17,19,21-24H2,1-2H3,(H,45,46)/t29-,30-,31+,32+,34+,35+,36-,37+,39-,40+/m1/s1. The van der Waals surface area contributed by atoms with Gasteiger partial charge < -0.3 is 34.6 Å². The first-order chi connectivity index (χ1) is 23.6. The number of ether oxygens (including phenoxy) is 3. The number of aliphatic hydroxyl groups is 3. The first-order valence-electron chi connectivity index (χ1n) is 19.6. The minimum Gasteiger partial charge on any atom is -0.479 e. The summed E-state index contributed by atoms with van der Waals surface area (Å²) in [5.41, 5.74) is 2.48. The van der Waals surface area contributed by atoms with Crippen molar-refractivity contribution in [2.24, 2.45) is 17.3 Å². The number of aliphatic carboxylic acids is 1. The molecule has 0 aromatic heterocycles. The van der Waals surface area contributed by atoms with E-state index in [2.05, 4.69) is 19.9 Å². The topological polar surface area (TPSA) is 143 Å². The molecule has 10 atom stereocenters. The molecule has 0 bridgehead atoms. The predicted molar refractivity (Wildman–Crippen MR) is 186 cm³/mol. The third-order valence-corrected chi connectivity index (χ3v) is 12.4. The number of esters is 1. The molecule has 0 spiro atoms. The summed E-state index contributed by atoms with van der Waals surface area (Å²) in [6, 6.07) is 5.81. The fraction of sp³-hybridized carbons (Fsp3) is 0.800. The fourth-order valence-electron chi connectivity index (χ4n) is 9.57. The van der Waals surface area contributed by atoms with Crippen LogP contribution >= 0.6 is 0 Å². The molecule has 9 heteroatoms. The summed E-state index contributed by atoms with van der Waals surface area (Å²) in [6.07, 6.45) is 15.1. The van der Waals surface area contributed by atoms with Crippen molar-refractivity contribution >= 4 is 11.9 Å². The maximum absolute atomic E-state index is 12.9. The number of fused-ring (bicyclic) bond motifs is 5. The number of hydrogen-bond acceptors (Lipinski definition) is 8. The van der Waals surface area contributed by atoms with Gasteiger partial charge in [0.1, 0.15) is 30.2 Å². The van der Waals surface area contributed by atoms with Crippen LogP contribution in [0.15, 0.2) is 18.2 Å². The molecule has 276 valence electrons. The Labute approximate surface area is 293 Å². The summed E-state index contributed by atoms with van der Waals surface area (Å²) in [7, 11) is 0. The maximum atomic E-state index is 12.9. The lowest BCUT2D eigenvalue weighted by Crippen LogP contribution is -2.61. The Bertz CT molecular complexity index is 1220. The van der Waals surface area contributed by atoms with Crippen molar-refractivity contribution in [1.29, 1.82) is 0 Å². The van der Waals surface area contributed by atoms with Gasteiger partial charge in [0, 0.05) is 11.8 Å². The van der Waals surface area contributed by atoms with Crippen molar-refractivity contribution in [2.45, 2.75) is 185 Å². The number of carbonyl (C=O) groups is 2. The van der Waals surface area contributed by atoms with Crippen molar-refractivity contribution in [2.75, 3.05) is 0 Å². The summed E-state index contributed by atoms with van der Waals surface area (Å²) in [6.45, 7) is 4.61. The van der Waals surface area contributed by atoms with E-state index < -0.39 is 36.7 Å². The summed E-state index contributed by atoms with van der Waals surface area (Å²) in [5, 5.41) is 39.9. The Morgan fingerprint density at radius 2 is 1.49 bits per heavy atom. The van der Waals surface area contributed by atoms with E-state index in [0.29, 0.717) is 29.9 Å². The molecule has 1 aromatic rings. The Morgan fingerprint density at radius 3 is 2.14 bits per heavy atom. The van der Waals surface area contributed by atoms with Gasteiger partial charge in [0.15, 0.2) is 6.10 Å². The van der Waals surface area contributed by atoms with Gasteiger partial charge in [-0.05, 0) is 86.0 Å². The van der Waals surface area contributed by atoms with E-state index in [1.807, 2.05) is 12.1 Å². The van der Waals surface area contributed by atoms with E-state index in [1.165, 1.54) is 81.8 Å². The highest BCUT2D eigenvalue weighted by Crippen LogP contribution is 2.61. The zero-order valence-corrected chi connectivity index (χ0v) is 29.9. The van der Waals surface area contributed by atoms with Gasteiger partial charge in [0.05, 0.1) is 0 Å². The number of benzene rings is 1. The fourth-order valence-corrected chi connectivity index (χ4v) is 9.57. The van der Waals surface area contributed by atoms with Crippen LogP contribution in [0.25, 0.3) is 0 Å². The van der Waals surface area contributed by atoms with Crippen molar-refractivity contribution in [3.8, 4) is 5.75 Å². The first kappa shape index (κ1) is 38.0. The molecule has 4 N–H and O–H groups in total. The van der Waals surface area contributed by atoms with Gasteiger partial charge in [-0.25, -0.2) is 4.79 Å². The molecule has 0 unspecified atom stereocenters. The Morgan fingerprint density at radius 1 is 0.837 bits per heavy atom. The molecular formula is C40H62O9. The molecule has 9 nitrogen and oxygen atoms in total. The molecule has 3 aliphatic carbocycles. The minimum atomic E-state index is -1.76. The second-order valence-electron chi connectivity index (χ2n) is 15.7. The molecule has 49 heavy (non-hydrogen) atoms. The zero-order chi connectivity index (χ0) is 35.0. The highest BCUT2D eigenvalue weighted by atomic mass is 16.7. The number of hydrogen-bond donors (Lipinski definition) is 4. The molecule has 1 aliphatic heterocycles. The molecule has 2 saturated carbocycles. The summed E-state index contributed by atoms with van der Waals surface area (Å²) < 4.78 is 17.4. The van der Waals surface area contributed by atoms with Crippen molar-refractivity contribution < 1.29 is 44.2 Å². The summed E-state index contributed by atoms with van der Waals surface area (Å²) in [5.74, 6) is 0.413. The van der Waals surface area contributed by atoms with Gasteiger partial charge in [-0.1, -0.05) is 97.0 Å². The molecule has 5 rings (SSSR count). The van der Waals surface area contributed by atoms with E-state index in [1.54, 1.807) is 0 Å². The van der Waals surface area contributed by atoms with Crippen molar-refractivity contribution in [3.05, 3.63) is 29.3 Å². The lowest BCUT2D eigenvalue weighted by Gasteiger charge is -2.50. The van der Waals surface area contributed by atoms with Crippen molar-refractivity contribution in [1.82, 2.24) is 0 Å². The van der Waals surface area contributed by atoms with Crippen LogP contribution in [0.1, 0.15) is 153 Å². The molecule has 1 heterocycles.